The number of anilines is 1. The van der Waals surface area contributed by atoms with E-state index in [1.165, 1.54) is 34.4 Å². The summed E-state index contributed by atoms with van der Waals surface area (Å²) < 4.78 is 5.67. The molecule has 2 nitrogen and oxygen atoms in total. The molecule has 0 bridgehead atoms. The molecule has 2 aromatic rings. The molecule has 1 aliphatic rings. The molecule has 3 rings (SSSR count). The molecular weight excluding hydrogens is 258 g/mol. The van der Waals surface area contributed by atoms with Gasteiger partial charge in [-0.15, -0.1) is 0 Å². The molecule has 1 unspecified atom stereocenters. The van der Waals surface area contributed by atoms with E-state index < -0.39 is 0 Å². The Balaban J connectivity index is 1.93. The van der Waals surface area contributed by atoms with E-state index in [2.05, 4.69) is 55.6 Å². The molecule has 110 valence electrons. The highest BCUT2D eigenvalue weighted by Gasteiger charge is 2.21. The Kier molecular flexibility index (Phi) is 3.87. The Morgan fingerprint density at radius 1 is 1.14 bits per heavy atom. The van der Waals surface area contributed by atoms with Gasteiger partial charge in [0.05, 0.1) is 7.11 Å². The van der Waals surface area contributed by atoms with E-state index in [4.69, 9.17) is 4.74 Å². The standard InChI is InChI=1S/C19H23NO/c1-13-8-9-16(19(21-3)14(13)2)12-15-10-11-20-18-7-5-4-6-17(15)18/h4-9,15,20H,10-12H2,1-3H3. The van der Waals surface area contributed by atoms with Gasteiger partial charge in [0.2, 0.25) is 0 Å². The summed E-state index contributed by atoms with van der Waals surface area (Å²) >= 11 is 0. The second-order valence-corrected chi connectivity index (χ2v) is 5.90. The minimum Gasteiger partial charge on any atom is -0.496 e. The summed E-state index contributed by atoms with van der Waals surface area (Å²) in [5.74, 6) is 1.63. The number of aryl methyl sites for hydroxylation is 1. The first-order valence-electron chi connectivity index (χ1n) is 7.66. The van der Waals surface area contributed by atoms with E-state index in [1.54, 1.807) is 7.11 Å². The van der Waals surface area contributed by atoms with Crippen LogP contribution in [0.25, 0.3) is 0 Å². The van der Waals surface area contributed by atoms with E-state index in [9.17, 15) is 0 Å². The average molecular weight is 281 g/mol. The second-order valence-electron chi connectivity index (χ2n) is 5.90. The third kappa shape index (κ3) is 2.63. The molecule has 2 heteroatoms. The van der Waals surface area contributed by atoms with Crippen LogP contribution in [-0.4, -0.2) is 13.7 Å². The van der Waals surface area contributed by atoms with Crippen molar-refractivity contribution < 1.29 is 4.74 Å². The molecule has 0 amide bonds. The molecule has 0 saturated carbocycles. The molecule has 21 heavy (non-hydrogen) atoms. The Morgan fingerprint density at radius 3 is 2.76 bits per heavy atom. The van der Waals surface area contributed by atoms with E-state index in [-0.39, 0.29) is 0 Å². The maximum absolute atomic E-state index is 5.67. The molecule has 1 atom stereocenters. The van der Waals surface area contributed by atoms with Crippen molar-refractivity contribution in [2.75, 3.05) is 19.0 Å². The number of hydrogen-bond acceptors (Lipinski definition) is 2. The summed E-state index contributed by atoms with van der Waals surface area (Å²) in [4.78, 5) is 0. The van der Waals surface area contributed by atoms with Crippen LogP contribution < -0.4 is 10.1 Å². The molecule has 0 aromatic heterocycles. The number of benzene rings is 2. The fourth-order valence-corrected chi connectivity index (χ4v) is 3.32. The summed E-state index contributed by atoms with van der Waals surface area (Å²) in [7, 11) is 1.78. The predicted molar refractivity (Wildman–Crippen MR) is 88.5 cm³/mol. The summed E-state index contributed by atoms with van der Waals surface area (Å²) in [6.07, 6.45) is 2.22. The van der Waals surface area contributed by atoms with Gasteiger partial charge >= 0.3 is 0 Å². The van der Waals surface area contributed by atoms with Gasteiger partial charge in [-0.3, -0.25) is 0 Å². The van der Waals surface area contributed by atoms with Crippen molar-refractivity contribution in [3.8, 4) is 5.75 Å². The Morgan fingerprint density at radius 2 is 1.95 bits per heavy atom. The number of hydrogen-bond donors (Lipinski definition) is 1. The number of fused-ring (bicyclic) bond motifs is 1. The van der Waals surface area contributed by atoms with Crippen LogP contribution in [-0.2, 0) is 6.42 Å². The molecule has 0 aliphatic carbocycles. The lowest BCUT2D eigenvalue weighted by molar-refractivity contribution is 0.404. The number of ether oxygens (including phenoxy) is 1. The Labute approximate surface area is 127 Å². The first kappa shape index (κ1) is 14.0. The van der Waals surface area contributed by atoms with Crippen molar-refractivity contribution in [2.24, 2.45) is 0 Å². The molecule has 1 heterocycles. The third-order valence-electron chi connectivity index (χ3n) is 4.64. The van der Waals surface area contributed by atoms with E-state index in [0.29, 0.717) is 5.92 Å². The SMILES string of the molecule is COc1c(CC2CCNc3ccccc32)ccc(C)c1C. The number of nitrogens with one attached hydrogen (secondary N) is 1. The average Bonchev–Trinajstić information content (AvgIpc) is 2.52. The number of methoxy groups -OCH3 is 1. The van der Waals surface area contributed by atoms with Crippen LogP contribution in [0.1, 0.15) is 34.6 Å². The second kappa shape index (κ2) is 5.80. The summed E-state index contributed by atoms with van der Waals surface area (Å²) in [5, 5.41) is 3.50. The smallest absolute Gasteiger partial charge is 0.125 e. The van der Waals surface area contributed by atoms with Crippen LogP contribution in [0.15, 0.2) is 36.4 Å². The fraction of sp³-hybridized carbons (Fsp3) is 0.368. The summed E-state index contributed by atoms with van der Waals surface area (Å²) in [6, 6.07) is 13.1. The maximum atomic E-state index is 5.67. The minimum atomic E-state index is 0.568. The highest BCUT2D eigenvalue weighted by Crippen LogP contribution is 2.37. The van der Waals surface area contributed by atoms with Crippen molar-refractivity contribution in [1.29, 1.82) is 0 Å². The van der Waals surface area contributed by atoms with Gasteiger partial charge in [0.1, 0.15) is 5.75 Å². The van der Waals surface area contributed by atoms with Gasteiger partial charge in [0.25, 0.3) is 0 Å². The monoisotopic (exact) mass is 281 g/mol. The molecular formula is C19H23NO. The molecule has 1 aliphatic heterocycles. The van der Waals surface area contributed by atoms with Crippen molar-refractivity contribution in [3.05, 3.63) is 58.7 Å². The molecule has 1 N–H and O–H groups in total. The quantitative estimate of drug-likeness (QED) is 0.897. The zero-order valence-electron chi connectivity index (χ0n) is 13.1. The molecule has 0 saturated heterocycles. The van der Waals surface area contributed by atoms with Crippen LogP contribution in [0, 0.1) is 13.8 Å². The van der Waals surface area contributed by atoms with Gasteiger partial charge in [0, 0.05) is 12.2 Å². The Bertz CT molecular complexity index is 648. The summed E-state index contributed by atoms with van der Waals surface area (Å²) in [6.45, 7) is 5.34. The fourth-order valence-electron chi connectivity index (χ4n) is 3.32. The van der Waals surface area contributed by atoms with Crippen LogP contribution in [0.5, 0.6) is 5.75 Å². The van der Waals surface area contributed by atoms with Crippen molar-refractivity contribution in [2.45, 2.75) is 32.6 Å². The van der Waals surface area contributed by atoms with E-state index in [0.717, 1.165) is 18.7 Å². The van der Waals surface area contributed by atoms with Crippen LogP contribution in [0.3, 0.4) is 0 Å². The zero-order valence-corrected chi connectivity index (χ0v) is 13.1. The van der Waals surface area contributed by atoms with Gasteiger partial charge in [-0.2, -0.15) is 0 Å². The van der Waals surface area contributed by atoms with Crippen molar-refractivity contribution in [1.82, 2.24) is 0 Å². The van der Waals surface area contributed by atoms with Gasteiger partial charge < -0.3 is 10.1 Å². The highest BCUT2D eigenvalue weighted by atomic mass is 16.5. The topological polar surface area (TPSA) is 21.3 Å². The number of rotatable bonds is 3. The molecule has 2 aromatic carbocycles. The summed E-state index contributed by atoms with van der Waals surface area (Å²) in [5.41, 5.74) is 6.60. The molecule has 0 radical (unpaired) electrons. The van der Waals surface area contributed by atoms with E-state index in [1.807, 2.05) is 0 Å². The largest absolute Gasteiger partial charge is 0.496 e. The minimum absolute atomic E-state index is 0.568. The van der Waals surface area contributed by atoms with Gasteiger partial charge in [-0.1, -0.05) is 30.3 Å². The normalized spacial score (nSPS) is 17.0. The van der Waals surface area contributed by atoms with E-state index >= 15 is 0 Å². The first-order chi connectivity index (χ1) is 10.2. The highest BCUT2D eigenvalue weighted by molar-refractivity contribution is 5.55. The lowest BCUT2D eigenvalue weighted by atomic mass is 9.85. The molecule has 0 fully saturated rings. The maximum Gasteiger partial charge on any atom is 0.125 e. The first-order valence-corrected chi connectivity index (χ1v) is 7.66. The van der Waals surface area contributed by atoms with Crippen LogP contribution in [0.4, 0.5) is 5.69 Å². The van der Waals surface area contributed by atoms with Gasteiger partial charge in [0.15, 0.2) is 0 Å². The lowest BCUT2D eigenvalue weighted by Crippen LogP contribution is -2.18. The zero-order chi connectivity index (χ0) is 14.8. The molecule has 0 spiro atoms. The lowest BCUT2D eigenvalue weighted by Gasteiger charge is -2.27. The van der Waals surface area contributed by atoms with Crippen molar-refractivity contribution >= 4 is 5.69 Å². The number of para-hydroxylation sites is 1. The van der Waals surface area contributed by atoms with Crippen LogP contribution >= 0.6 is 0 Å². The van der Waals surface area contributed by atoms with Crippen LogP contribution in [0.2, 0.25) is 0 Å². The Hall–Kier alpha value is -1.96. The van der Waals surface area contributed by atoms with Gasteiger partial charge in [-0.25, -0.2) is 0 Å². The predicted octanol–water partition coefficient (Wildman–Crippen LogP) is 4.45. The third-order valence-corrected chi connectivity index (χ3v) is 4.64. The van der Waals surface area contributed by atoms with Gasteiger partial charge in [-0.05, 0) is 60.9 Å². The van der Waals surface area contributed by atoms with Crippen molar-refractivity contribution in [3.63, 3.8) is 0 Å².